The van der Waals surface area contributed by atoms with Crippen LogP contribution in [-0.2, 0) is 0 Å². The molecule has 2 rings (SSSR count). The average Bonchev–Trinajstić information content (AvgIpc) is 2.36. The van der Waals surface area contributed by atoms with Crippen LogP contribution in [0.15, 0.2) is 24.3 Å². The number of hydrogen-bond acceptors (Lipinski definition) is 3. The molecule has 0 aliphatic rings. The first-order valence-corrected chi connectivity index (χ1v) is 5.44. The predicted molar refractivity (Wildman–Crippen MR) is 65.1 cm³/mol. The number of pyridine rings is 1. The number of aryl methyl sites for hydroxylation is 1. The fourth-order valence-electron chi connectivity index (χ4n) is 1.62. The number of benzene rings is 1. The monoisotopic (exact) mass is 268 g/mol. The molecule has 100 valence electrons. The Labute approximate surface area is 108 Å². The number of nitrogens with one attached hydrogen (secondary N) is 1. The van der Waals surface area contributed by atoms with Crippen LogP contribution in [-0.4, -0.2) is 12.1 Å². The van der Waals surface area contributed by atoms with Gasteiger partial charge < -0.3 is 10.1 Å². The van der Waals surface area contributed by atoms with Crippen molar-refractivity contribution >= 4 is 11.5 Å². The molecule has 1 aromatic carbocycles. The van der Waals surface area contributed by atoms with Crippen molar-refractivity contribution in [2.45, 2.75) is 6.92 Å². The summed E-state index contributed by atoms with van der Waals surface area (Å²) in [6.07, 6.45) is 0. The van der Waals surface area contributed by atoms with Crippen molar-refractivity contribution in [1.82, 2.24) is 4.98 Å². The third-order valence-corrected chi connectivity index (χ3v) is 2.54. The molecule has 3 nitrogen and oxygen atoms in total. The minimum atomic E-state index is -1.35. The zero-order valence-electron chi connectivity index (χ0n) is 10.3. The Morgan fingerprint density at radius 1 is 1.11 bits per heavy atom. The van der Waals surface area contributed by atoms with Crippen molar-refractivity contribution in [3.05, 3.63) is 47.4 Å². The summed E-state index contributed by atoms with van der Waals surface area (Å²) in [7, 11) is 1.53. The van der Waals surface area contributed by atoms with Crippen LogP contribution in [0.4, 0.5) is 24.7 Å². The molecule has 1 heterocycles. The number of nitrogens with zero attached hydrogens (tertiary/aromatic N) is 1. The molecular weight excluding hydrogens is 257 g/mol. The second kappa shape index (κ2) is 5.17. The molecule has 0 spiro atoms. The summed E-state index contributed by atoms with van der Waals surface area (Å²) in [6.45, 7) is 1.80. The van der Waals surface area contributed by atoms with Gasteiger partial charge in [0.25, 0.3) is 5.95 Å². The lowest BCUT2D eigenvalue weighted by molar-refractivity contribution is 0.412. The lowest BCUT2D eigenvalue weighted by Gasteiger charge is -2.10. The van der Waals surface area contributed by atoms with Gasteiger partial charge in [0.05, 0.1) is 7.11 Å². The first-order valence-electron chi connectivity index (χ1n) is 5.44. The minimum absolute atomic E-state index is 0.372. The van der Waals surface area contributed by atoms with Gasteiger partial charge >= 0.3 is 0 Å². The molecule has 0 fully saturated rings. The number of anilines is 2. The Bertz CT molecular complexity index is 617. The van der Waals surface area contributed by atoms with Crippen molar-refractivity contribution < 1.29 is 17.9 Å². The Balaban J connectivity index is 2.31. The van der Waals surface area contributed by atoms with Gasteiger partial charge in [-0.2, -0.15) is 9.37 Å². The highest BCUT2D eigenvalue weighted by Gasteiger charge is 2.12. The maximum atomic E-state index is 13.4. The van der Waals surface area contributed by atoms with Gasteiger partial charge in [-0.3, -0.25) is 0 Å². The molecule has 0 saturated carbocycles. The third kappa shape index (κ3) is 2.78. The molecule has 0 saturated heterocycles. The topological polar surface area (TPSA) is 34.1 Å². The first-order chi connectivity index (χ1) is 9.01. The fraction of sp³-hybridized carbons (Fsp3) is 0.154. The van der Waals surface area contributed by atoms with Crippen LogP contribution in [0.3, 0.4) is 0 Å². The van der Waals surface area contributed by atoms with Crippen molar-refractivity contribution in [2.75, 3.05) is 12.4 Å². The SMILES string of the molecule is COc1ccc(Nc2nc(F)c(F)cc2F)cc1C. The zero-order valence-corrected chi connectivity index (χ0v) is 10.3. The molecule has 0 unspecified atom stereocenters. The minimum Gasteiger partial charge on any atom is -0.496 e. The van der Waals surface area contributed by atoms with E-state index >= 15 is 0 Å². The van der Waals surface area contributed by atoms with Crippen LogP contribution in [0.5, 0.6) is 5.75 Å². The fourth-order valence-corrected chi connectivity index (χ4v) is 1.62. The Morgan fingerprint density at radius 2 is 1.84 bits per heavy atom. The maximum absolute atomic E-state index is 13.4. The summed E-state index contributed by atoms with van der Waals surface area (Å²) < 4.78 is 44.2. The molecule has 6 heteroatoms. The van der Waals surface area contributed by atoms with E-state index in [2.05, 4.69) is 10.3 Å². The van der Waals surface area contributed by atoms with E-state index in [9.17, 15) is 13.2 Å². The molecular formula is C13H11F3N2O. The second-order valence-electron chi connectivity index (χ2n) is 3.90. The Hall–Kier alpha value is -2.24. The van der Waals surface area contributed by atoms with Gasteiger partial charge in [-0.1, -0.05) is 0 Å². The highest BCUT2D eigenvalue weighted by molar-refractivity contribution is 5.59. The number of methoxy groups -OCH3 is 1. The van der Waals surface area contributed by atoms with Gasteiger partial charge in [-0.15, -0.1) is 0 Å². The van der Waals surface area contributed by atoms with E-state index < -0.39 is 17.6 Å². The van der Waals surface area contributed by atoms with Gasteiger partial charge in [-0.25, -0.2) is 8.78 Å². The Kier molecular flexibility index (Phi) is 3.59. The van der Waals surface area contributed by atoms with Gasteiger partial charge in [0.2, 0.25) is 0 Å². The number of aromatic nitrogens is 1. The molecule has 0 aliphatic carbocycles. The highest BCUT2D eigenvalue weighted by atomic mass is 19.2. The summed E-state index contributed by atoms with van der Waals surface area (Å²) in [5.74, 6) is -3.34. The van der Waals surface area contributed by atoms with Crippen LogP contribution >= 0.6 is 0 Å². The molecule has 0 atom stereocenters. The molecule has 19 heavy (non-hydrogen) atoms. The van der Waals surface area contributed by atoms with Crippen molar-refractivity contribution in [2.24, 2.45) is 0 Å². The van der Waals surface area contributed by atoms with Crippen molar-refractivity contribution in [1.29, 1.82) is 0 Å². The lowest BCUT2D eigenvalue weighted by Crippen LogP contribution is -2.02. The molecule has 1 N–H and O–H groups in total. The summed E-state index contributed by atoms with van der Waals surface area (Å²) in [5.41, 5.74) is 1.31. The molecule has 0 radical (unpaired) electrons. The largest absolute Gasteiger partial charge is 0.496 e. The Morgan fingerprint density at radius 3 is 2.47 bits per heavy atom. The predicted octanol–water partition coefficient (Wildman–Crippen LogP) is 3.56. The van der Waals surface area contributed by atoms with Gasteiger partial charge in [0.1, 0.15) is 5.75 Å². The van der Waals surface area contributed by atoms with Crippen LogP contribution < -0.4 is 10.1 Å². The third-order valence-electron chi connectivity index (χ3n) is 2.54. The second-order valence-corrected chi connectivity index (χ2v) is 3.90. The molecule has 0 bridgehead atoms. The average molecular weight is 268 g/mol. The number of halogens is 3. The van der Waals surface area contributed by atoms with E-state index in [0.717, 1.165) is 5.56 Å². The maximum Gasteiger partial charge on any atom is 0.251 e. The van der Waals surface area contributed by atoms with E-state index in [4.69, 9.17) is 4.74 Å². The molecule has 1 aromatic heterocycles. The summed E-state index contributed by atoms with van der Waals surface area (Å²) in [5, 5.41) is 2.58. The van der Waals surface area contributed by atoms with Gasteiger partial charge in [0.15, 0.2) is 17.5 Å². The normalized spacial score (nSPS) is 10.4. The summed E-state index contributed by atoms with van der Waals surface area (Å²) in [6, 6.07) is 5.42. The van der Waals surface area contributed by atoms with E-state index in [1.807, 2.05) is 0 Å². The zero-order chi connectivity index (χ0) is 14.0. The lowest BCUT2D eigenvalue weighted by atomic mass is 10.2. The van der Waals surface area contributed by atoms with E-state index in [-0.39, 0.29) is 5.82 Å². The molecule has 2 aromatic rings. The van der Waals surface area contributed by atoms with Crippen LogP contribution in [0.2, 0.25) is 0 Å². The van der Waals surface area contributed by atoms with E-state index in [1.54, 1.807) is 25.1 Å². The first kappa shape index (κ1) is 13.2. The van der Waals surface area contributed by atoms with E-state index in [1.165, 1.54) is 7.11 Å². The summed E-state index contributed by atoms with van der Waals surface area (Å²) >= 11 is 0. The van der Waals surface area contributed by atoms with E-state index in [0.29, 0.717) is 17.5 Å². The van der Waals surface area contributed by atoms with Gasteiger partial charge in [-0.05, 0) is 30.7 Å². The number of ether oxygens (including phenoxy) is 1. The number of rotatable bonds is 3. The van der Waals surface area contributed by atoms with Crippen LogP contribution in [0, 0.1) is 24.5 Å². The molecule has 0 amide bonds. The van der Waals surface area contributed by atoms with Crippen LogP contribution in [0.1, 0.15) is 5.56 Å². The van der Waals surface area contributed by atoms with Crippen molar-refractivity contribution in [3.8, 4) is 5.75 Å². The standard InChI is InChI=1S/C13H11F3N2O/c1-7-5-8(3-4-11(7)19-2)17-13-10(15)6-9(14)12(16)18-13/h3-6H,1-2H3,(H,17,18). The number of hydrogen-bond donors (Lipinski definition) is 1. The quantitative estimate of drug-likeness (QED) is 0.864. The van der Waals surface area contributed by atoms with Crippen molar-refractivity contribution in [3.63, 3.8) is 0 Å². The smallest absolute Gasteiger partial charge is 0.251 e. The summed E-state index contributed by atoms with van der Waals surface area (Å²) in [4.78, 5) is 3.18. The van der Waals surface area contributed by atoms with Crippen LogP contribution in [0.25, 0.3) is 0 Å². The highest BCUT2D eigenvalue weighted by Crippen LogP contribution is 2.25. The van der Waals surface area contributed by atoms with Gasteiger partial charge in [0, 0.05) is 11.8 Å². The molecule has 0 aliphatic heterocycles.